The first-order valence-corrected chi connectivity index (χ1v) is 6.58. The highest BCUT2D eigenvalue weighted by molar-refractivity contribution is 9.10. The number of hydrogen-bond acceptors (Lipinski definition) is 3. The van der Waals surface area contributed by atoms with Crippen molar-refractivity contribution in [2.24, 2.45) is 0 Å². The van der Waals surface area contributed by atoms with Crippen LogP contribution in [-0.2, 0) is 6.54 Å². The highest BCUT2D eigenvalue weighted by atomic mass is 79.9. The van der Waals surface area contributed by atoms with Gasteiger partial charge in [-0.2, -0.15) is 5.10 Å². The Morgan fingerprint density at radius 1 is 1.31 bits per heavy atom. The van der Waals surface area contributed by atoms with Crippen molar-refractivity contribution in [1.29, 1.82) is 0 Å². The molecule has 2 heterocycles. The minimum atomic E-state index is 0.804. The number of likely N-dealkylation sites (tertiary alicyclic amines) is 1. The minimum absolute atomic E-state index is 0.804. The van der Waals surface area contributed by atoms with Gasteiger partial charge in [0.1, 0.15) is 4.60 Å². The average Bonchev–Trinajstić information content (AvgIpc) is 2.69. The lowest BCUT2D eigenvalue weighted by molar-refractivity contribution is 0.217. The smallest absolute Gasteiger partial charge is 0.171 e. The summed E-state index contributed by atoms with van der Waals surface area (Å²) in [7, 11) is 1.66. The zero-order valence-corrected chi connectivity index (χ0v) is 11.2. The second-order valence-electron chi connectivity index (χ2n) is 4.13. The van der Waals surface area contributed by atoms with E-state index < -0.39 is 0 Å². The number of rotatable bonds is 4. The molecule has 0 saturated carbocycles. The molecule has 0 aliphatic carbocycles. The van der Waals surface area contributed by atoms with Gasteiger partial charge >= 0.3 is 0 Å². The Labute approximate surface area is 105 Å². The molecule has 1 aromatic heterocycles. The number of halogens is 1. The zero-order valence-electron chi connectivity index (χ0n) is 9.65. The quantitative estimate of drug-likeness (QED) is 0.850. The molecular weight excluding hydrogens is 270 g/mol. The Balaban J connectivity index is 1.86. The standard InChI is InChI=1S/C11H18BrN3O/c1-16-10-9-13-15(11(10)12)8-7-14-5-3-2-4-6-14/h9H,2-8H2,1H3. The summed E-state index contributed by atoms with van der Waals surface area (Å²) in [5, 5.41) is 4.29. The maximum absolute atomic E-state index is 5.17. The first-order chi connectivity index (χ1) is 7.81. The molecule has 1 fully saturated rings. The van der Waals surface area contributed by atoms with Crippen LogP contribution in [0.15, 0.2) is 10.8 Å². The number of ether oxygens (including phenoxy) is 1. The average molecular weight is 288 g/mol. The van der Waals surface area contributed by atoms with Crippen molar-refractivity contribution < 1.29 is 4.74 Å². The molecule has 5 heteroatoms. The van der Waals surface area contributed by atoms with Gasteiger partial charge in [0, 0.05) is 6.54 Å². The molecule has 0 atom stereocenters. The number of methoxy groups -OCH3 is 1. The van der Waals surface area contributed by atoms with Gasteiger partial charge < -0.3 is 9.64 Å². The Bertz CT molecular complexity index is 334. The highest BCUT2D eigenvalue weighted by Gasteiger charge is 2.12. The van der Waals surface area contributed by atoms with Crippen LogP contribution in [0.25, 0.3) is 0 Å². The van der Waals surface area contributed by atoms with Gasteiger partial charge in [0.25, 0.3) is 0 Å². The molecule has 2 rings (SSSR count). The summed E-state index contributed by atoms with van der Waals surface area (Å²) in [6, 6.07) is 0. The van der Waals surface area contributed by atoms with Crippen LogP contribution >= 0.6 is 15.9 Å². The lowest BCUT2D eigenvalue weighted by atomic mass is 10.1. The molecule has 0 radical (unpaired) electrons. The second kappa shape index (κ2) is 5.68. The van der Waals surface area contributed by atoms with Crippen LogP contribution in [0.5, 0.6) is 5.75 Å². The molecule has 90 valence electrons. The van der Waals surface area contributed by atoms with Gasteiger partial charge in [-0.05, 0) is 41.9 Å². The fourth-order valence-electron chi connectivity index (χ4n) is 2.07. The number of aromatic nitrogens is 2. The van der Waals surface area contributed by atoms with Crippen LogP contribution in [0.1, 0.15) is 19.3 Å². The van der Waals surface area contributed by atoms with Gasteiger partial charge in [-0.15, -0.1) is 0 Å². The third-order valence-electron chi connectivity index (χ3n) is 3.04. The Kier molecular flexibility index (Phi) is 4.23. The summed E-state index contributed by atoms with van der Waals surface area (Å²) >= 11 is 3.49. The monoisotopic (exact) mass is 287 g/mol. The van der Waals surface area contributed by atoms with Gasteiger partial charge in [-0.1, -0.05) is 6.42 Å². The molecule has 0 bridgehead atoms. The molecule has 4 nitrogen and oxygen atoms in total. The van der Waals surface area contributed by atoms with Gasteiger partial charge in [0.15, 0.2) is 5.75 Å². The van der Waals surface area contributed by atoms with Crippen molar-refractivity contribution in [2.75, 3.05) is 26.7 Å². The summed E-state index contributed by atoms with van der Waals surface area (Å²) in [5.41, 5.74) is 0. The van der Waals surface area contributed by atoms with Crippen molar-refractivity contribution in [2.45, 2.75) is 25.8 Å². The third-order valence-corrected chi connectivity index (χ3v) is 3.84. The Hall–Kier alpha value is -0.550. The summed E-state index contributed by atoms with van der Waals surface area (Å²) in [4.78, 5) is 2.50. The Morgan fingerprint density at radius 3 is 2.69 bits per heavy atom. The zero-order chi connectivity index (χ0) is 11.4. The predicted octanol–water partition coefficient (Wildman–Crippen LogP) is 2.14. The SMILES string of the molecule is COc1cnn(CCN2CCCCC2)c1Br. The largest absolute Gasteiger partial charge is 0.492 e. The summed E-state index contributed by atoms with van der Waals surface area (Å²) < 4.78 is 8.06. The van der Waals surface area contributed by atoms with E-state index in [1.807, 2.05) is 4.68 Å². The molecule has 0 aromatic carbocycles. The fraction of sp³-hybridized carbons (Fsp3) is 0.727. The topological polar surface area (TPSA) is 30.3 Å². The predicted molar refractivity (Wildman–Crippen MR) is 66.8 cm³/mol. The molecule has 0 spiro atoms. The molecule has 0 amide bonds. The minimum Gasteiger partial charge on any atom is -0.492 e. The number of hydrogen-bond donors (Lipinski definition) is 0. The van der Waals surface area contributed by atoms with Crippen molar-refractivity contribution in [3.8, 4) is 5.75 Å². The van der Waals surface area contributed by atoms with Crippen LogP contribution in [0.4, 0.5) is 0 Å². The van der Waals surface area contributed by atoms with Crippen molar-refractivity contribution in [1.82, 2.24) is 14.7 Å². The van der Waals surface area contributed by atoms with Gasteiger partial charge in [0.2, 0.25) is 0 Å². The molecule has 16 heavy (non-hydrogen) atoms. The molecule has 1 aliphatic heterocycles. The summed E-state index contributed by atoms with van der Waals surface area (Å²) in [5.74, 6) is 0.804. The molecule has 1 aliphatic rings. The van der Waals surface area contributed by atoms with Crippen LogP contribution in [0.2, 0.25) is 0 Å². The highest BCUT2D eigenvalue weighted by Crippen LogP contribution is 2.23. The van der Waals surface area contributed by atoms with E-state index in [9.17, 15) is 0 Å². The first-order valence-electron chi connectivity index (χ1n) is 5.79. The molecule has 0 unspecified atom stereocenters. The van der Waals surface area contributed by atoms with E-state index in [-0.39, 0.29) is 0 Å². The van der Waals surface area contributed by atoms with E-state index in [1.54, 1.807) is 13.3 Å². The maximum Gasteiger partial charge on any atom is 0.171 e. The van der Waals surface area contributed by atoms with E-state index >= 15 is 0 Å². The summed E-state index contributed by atoms with van der Waals surface area (Å²) in [6.07, 6.45) is 5.81. The summed E-state index contributed by atoms with van der Waals surface area (Å²) in [6.45, 7) is 4.46. The lowest BCUT2D eigenvalue weighted by Crippen LogP contribution is -2.32. The maximum atomic E-state index is 5.17. The second-order valence-corrected chi connectivity index (χ2v) is 4.88. The van der Waals surface area contributed by atoms with E-state index in [0.29, 0.717) is 0 Å². The molecular formula is C11H18BrN3O. The van der Waals surface area contributed by atoms with Crippen LogP contribution in [0.3, 0.4) is 0 Å². The molecule has 1 saturated heterocycles. The fourth-order valence-corrected chi connectivity index (χ4v) is 2.60. The lowest BCUT2D eigenvalue weighted by Gasteiger charge is -2.26. The van der Waals surface area contributed by atoms with Crippen LogP contribution < -0.4 is 4.74 Å². The van der Waals surface area contributed by atoms with Gasteiger partial charge in [0.05, 0.1) is 19.9 Å². The molecule has 0 N–H and O–H groups in total. The van der Waals surface area contributed by atoms with Crippen molar-refractivity contribution in [3.63, 3.8) is 0 Å². The Morgan fingerprint density at radius 2 is 2.06 bits per heavy atom. The normalized spacial score (nSPS) is 17.6. The van der Waals surface area contributed by atoms with E-state index in [0.717, 1.165) is 23.4 Å². The van der Waals surface area contributed by atoms with E-state index in [2.05, 4.69) is 25.9 Å². The first kappa shape index (κ1) is 11.9. The van der Waals surface area contributed by atoms with E-state index in [1.165, 1.54) is 32.4 Å². The van der Waals surface area contributed by atoms with Gasteiger partial charge in [-0.25, -0.2) is 0 Å². The van der Waals surface area contributed by atoms with Crippen molar-refractivity contribution >= 4 is 15.9 Å². The molecule has 1 aromatic rings. The van der Waals surface area contributed by atoms with Crippen LogP contribution in [0, 0.1) is 0 Å². The van der Waals surface area contributed by atoms with Gasteiger partial charge in [-0.3, -0.25) is 4.68 Å². The van der Waals surface area contributed by atoms with Crippen LogP contribution in [-0.4, -0.2) is 41.4 Å². The number of piperidine rings is 1. The number of nitrogens with zero attached hydrogens (tertiary/aromatic N) is 3. The van der Waals surface area contributed by atoms with E-state index in [4.69, 9.17) is 4.74 Å². The van der Waals surface area contributed by atoms with Crippen molar-refractivity contribution in [3.05, 3.63) is 10.8 Å². The third kappa shape index (κ3) is 2.77.